The van der Waals surface area contributed by atoms with Gasteiger partial charge in [0.2, 0.25) is 0 Å². The Balaban J connectivity index is 2.29. The molecule has 0 bridgehead atoms. The molecule has 0 aromatic heterocycles. The lowest BCUT2D eigenvalue weighted by atomic mass is 10.1. The van der Waals surface area contributed by atoms with Gasteiger partial charge in [-0.25, -0.2) is 4.79 Å². The highest BCUT2D eigenvalue weighted by molar-refractivity contribution is 6.05. The van der Waals surface area contributed by atoms with Crippen molar-refractivity contribution in [2.45, 2.75) is 20.3 Å². The Bertz CT molecular complexity index is 725. The normalized spacial score (nSPS) is 10.2. The van der Waals surface area contributed by atoms with E-state index < -0.39 is 5.97 Å². The summed E-state index contributed by atoms with van der Waals surface area (Å²) in [4.78, 5) is 23.5. The third-order valence-corrected chi connectivity index (χ3v) is 3.22. The van der Waals surface area contributed by atoms with Crippen LogP contribution in [0.25, 0.3) is 0 Å². The number of aryl methyl sites for hydroxylation is 1. The first kappa shape index (κ1) is 16.5. The molecule has 2 N–H and O–H groups in total. The van der Waals surface area contributed by atoms with Crippen LogP contribution in [-0.2, 0) is 0 Å². The first-order chi connectivity index (χ1) is 11.0. The number of carboxylic acids is 1. The summed E-state index contributed by atoms with van der Waals surface area (Å²) in [5, 5.41) is 11.8. The van der Waals surface area contributed by atoms with Crippen molar-refractivity contribution in [1.82, 2.24) is 0 Å². The highest BCUT2D eigenvalue weighted by atomic mass is 16.5. The van der Waals surface area contributed by atoms with Crippen LogP contribution in [0.1, 0.15) is 39.6 Å². The number of carboxylic acid groups (broad SMARTS) is 1. The molecule has 0 unspecified atom stereocenters. The maximum atomic E-state index is 12.4. The summed E-state index contributed by atoms with van der Waals surface area (Å²) in [7, 11) is 0. The van der Waals surface area contributed by atoms with Gasteiger partial charge in [0.1, 0.15) is 5.75 Å². The van der Waals surface area contributed by atoms with E-state index in [0.29, 0.717) is 23.6 Å². The Kier molecular flexibility index (Phi) is 5.36. The fraction of sp³-hybridized carbons (Fsp3) is 0.222. The van der Waals surface area contributed by atoms with Crippen molar-refractivity contribution < 1.29 is 19.4 Å². The lowest BCUT2D eigenvalue weighted by Crippen LogP contribution is -2.14. The van der Waals surface area contributed by atoms with Crippen LogP contribution in [0, 0.1) is 6.92 Å². The molecular weight excluding hydrogens is 294 g/mol. The third kappa shape index (κ3) is 4.32. The average molecular weight is 313 g/mol. The quantitative estimate of drug-likeness (QED) is 0.852. The van der Waals surface area contributed by atoms with Crippen LogP contribution in [-0.4, -0.2) is 23.6 Å². The molecule has 0 fully saturated rings. The molecule has 0 saturated carbocycles. The number of ether oxygens (including phenoxy) is 1. The maximum absolute atomic E-state index is 12.4. The number of anilines is 1. The molecule has 2 rings (SSSR count). The number of carbonyl (C=O) groups is 2. The van der Waals surface area contributed by atoms with Crippen molar-refractivity contribution in [3.05, 3.63) is 59.2 Å². The number of carbonyl (C=O) groups excluding carboxylic acids is 1. The predicted molar refractivity (Wildman–Crippen MR) is 88.3 cm³/mol. The second-order valence-electron chi connectivity index (χ2n) is 5.19. The zero-order valence-electron chi connectivity index (χ0n) is 13.1. The molecule has 23 heavy (non-hydrogen) atoms. The van der Waals surface area contributed by atoms with Crippen LogP contribution >= 0.6 is 0 Å². The Morgan fingerprint density at radius 1 is 1.13 bits per heavy atom. The molecule has 2 aromatic carbocycles. The van der Waals surface area contributed by atoms with E-state index in [0.717, 1.165) is 12.0 Å². The second kappa shape index (κ2) is 7.45. The fourth-order valence-corrected chi connectivity index (χ4v) is 2.08. The SMILES string of the molecule is CCCOc1ccc(C(=O)O)cc1NC(=O)c1cccc(C)c1. The zero-order valence-corrected chi connectivity index (χ0v) is 13.1. The first-order valence-electron chi connectivity index (χ1n) is 7.39. The van der Waals surface area contributed by atoms with Crippen molar-refractivity contribution >= 4 is 17.6 Å². The molecule has 5 heteroatoms. The minimum Gasteiger partial charge on any atom is -0.491 e. The van der Waals surface area contributed by atoms with E-state index in [1.165, 1.54) is 12.1 Å². The van der Waals surface area contributed by atoms with Gasteiger partial charge in [-0.15, -0.1) is 0 Å². The van der Waals surface area contributed by atoms with Crippen LogP contribution in [0.2, 0.25) is 0 Å². The van der Waals surface area contributed by atoms with Crippen LogP contribution < -0.4 is 10.1 Å². The minimum absolute atomic E-state index is 0.0911. The van der Waals surface area contributed by atoms with E-state index >= 15 is 0 Å². The van der Waals surface area contributed by atoms with Crippen LogP contribution in [0.3, 0.4) is 0 Å². The zero-order chi connectivity index (χ0) is 16.8. The van der Waals surface area contributed by atoms with Crippen LogP contribution in [0.5, 0.6) is 5.75 Å². The van der Waals surface area contributed by atoms with Gasteiger partial charge in [-0.2, -0.15) is 0 Å². The molecular formula is C18H19NO4. The molecule has 0 heterocycles. The molecule has 0 aliphatic heterocycles. The first-order valence-corrected chi connectivity index (χ1v) is 7.39. The second-order valence-corrected chi connectivity index (χ2v) is 5.19. The fourth-order valence-electron chi connectivity index (χ4n) is 2.08. The molecule has 0 aliphatic carbocycles. The Labute approximate surface area is 134 Å². The Morgan fingerprint density at radius 2 is 1.91 bits per heavy atom. The minimum atomic E-state index is -1.06. The van der Waals surface area contributed by atoms with Crippen molar-refractivity contribution in [2.75, 3.05) is 11.9 Å². The number of hydrogen-bond acceptors (Lipinski definition) is 3. The van der Waals surface area contributed by atoms with E-state index in [1.54, 1.807) is 24.3 Å². The molecule has 5 nitrogen and oxygen atoms in total. The van der Waals surface area contributed by atoms with Gasteiger partial charge >= 0.3 is 5.97 Å². The molecule has 120 valence electrons. The van der Waals surface area contributed by atoms with E-state index in [2.05, 4.69) is 5.32 Å². The van der Waals surface area contributed by atoms with Gasteiger partial charge in [-0.3, -0.25) is 4.79 Å². The van der Waals surface area contributed by atoms with Crippen LogP contribution in [0.4, 0.5) is 5.69 Å². The third-order valence-electron chi connectivity index (χ3n) is 3.22. The van der Waals surface area contributed by atoms with Crippen molar-refractivity contribution in [2.24, 2.45) is 0 Å². The highest BCUT2D eigenvalue weighted by Crippen LogP contribution is 2.27. The number of aromatic carboxylic acids is 1. The molecule has 0 spiro atoms. The average Bonchev–Trinajstić information content (AvgIpc) is 2.53. The molecule has 2 aromatic rings. The molecule has 1 amide bonds. The van der Waals surface area contributed by atoms with Gasteiger partial charge in [0, 0.05) is 5.56 Å². The number of hydrogen-bond donors (Lipinski definition) is 2. The summed E-state index contributed by atoms with van der Waals surface area (Å²) < 4.78 is 5.57. The topological polar surface area (TPSA) is 75.6 Å². The Hall–Kier alpha value is -2.82. The van der Waals surface area contributed by atoms with Crippen molar-refractivity contribution in [1.29, 1.82) is 0 Å². The lowest BCUT2D eigenvalue weighted by Gasteiger charge is -2.13. The number of rotatable bonds is 6. The maximum Gasteiger partial charge on any atom is 0.335 e. The summed E-state index contributed by atoms with van der Waals surface area (Å²) in [6.45, 7) is 4.36. The molecule has 0 aliphatic rings. The largest absolute Gasteiger partial charge is 0.491 e. The van der Waals surface area contributed by atoms with E-state index in [4.69, 9.17) is 9.84 Å². The van der Waals surface area contributed by atoms with E-state index in [9.17, 15) is 9.59 Å². The monoisotopic (exact) mass is 313 g/mol. The van der Waals surface area contributed by atoms with E-state index in [1.807, 2.05) is 19.9 Å². The predicted octanol–water partition coefficient (Wildman–Crippen LogP) is 3.73. The summed E-state index contributed by atoms with van der Waals surface area (Å²) in [6.07, 6.45) is 0.811. The van der Waals surface area contributed by atoms with Gasteiger partial charge in [0.25, 0.3) is 5.91 Å². The molecule has 0 saturated heterocycles. The van der Waals surface area contributed by atoms with Gasteiger partial charge in [-0.1, -0.05) is 24.6 Å². The van der Waals surface area contributed by atoms with Gasteiger partial charge < -0.3 is 15.2 Å². The highest BCUT2D eigenvalue weighted by Gasteiger charge is 2.13. The standard InChI is InChI=1S/C18H19NO4/c1-3-9-23-16-8-7-14(18(21)22)11-15(16)19-17(20)13-6-4-5-12(2)10-13/h4-8,10-11H,3,9H2,1-2H3,(H,19,20)(H,21,22). The van der Waals surface area contributed by atoms with Gasteiger partial charge in [0.15, 0.2) is 0 Å². The summed E-state index contributed by atoms with van der Waals surface area (Å²) in [6, 6.07) is 11.6. The van der Waals surface area contributed by atoms with Crippen molar-refractivity contribution in [3.8, 4) is 5.75 Å². The summed E-state index contributed by atoms with van der Waals surface area (Å²) in [5.74, 6) is -0.909. The van der Waals surface area contributed by atoms with Gasteiger partial charge in [0.05, 0.1) is 17.9 Å². The van der Waals surface area contributed by atoms with Gasteiger partial charge in [-0.05, 0) is 43.7 Å². The van der Waals surface area contributed by atoms with Crippen molar-refractivity contribution in [3.63, 3.8) is 0 Å². The summed E-state index contributed by atoms with van der Waals surface area (Å²) >= 11 is 0. The number of nitrogens with one attached hydrogen (secondary N) is 1. The van der Waals surface area contributed by atoms with Crippen LogP contribution in [0.15, 0.2) is 42.5 Å². The number of amides is 1. The Morgan fingerprint density at radius 3 is 2.57 bits per heavy atom. The number of benzene rings is 2. The summed E-state index contributed by atoms with van der Waals surface area (Å²) in [5.41, 5.74) is 1.92. The lowest BCUT2D eigenvalue weighted by molar-refractivity contribution is 0.0696. The molecule has 0 radical (unpaired) electrons. The molecule has 0 atom stereocenters. The van der Waals surface area contributed by atoms with E-state index in [-0.39, 0.29) is 11.5 Å². The smallest absolute Gasteiger partial charge is 0.335 e.